The highest BCUT2D eigenvalue weighted by atomic mass is 32.2. The summed E-state index contributed by atoms with van der Waals surface area (Å²) in [7, 11) is 0. The second-order valence-electron chi connectivity index (χ2n) is 3.48. The fraction of sp³-hybridized carbons (Fsp3) is 0.231. The van der Waals surface area contributed by atoms with Gasteiger partial charge in [0.2, 0.25) is 5.89 Å². The number of hydrogen-bond acceptors (Lipinski definition) is 4. The maximum Gasteiger partial charge on any atom is 0.277 e. The Morgan fingerprint density at radius 1 is 1.39 bits per heavy atom. The van der Waals surface area contributed by atoms with E-state index < -0.39 is 0 Å². The Bertz CT molecular complexity index is 586. The van der Waals surface area contributed by atoms with Crippen molar-refractivity contribution in [2.75, 3.05) is 5.75 Å². The minimum absolute atomic E-state index is 0.264. The summed E-state index contributed by atoms with van der Waals surface area (Å²) in [6, 6.07) is 6.35. The van der Waals surface area contributed by atoms with E-state index in [4.69, 9.17) is 4.42 Å². The molecule has 1 aromatic heterocycles. The van der Waals surface area contributed by atoms with Crippen LogP contribution in [0.25, 0.3) is 0 Å². The van der Waals surface area contributed by atoms with Crippen molar-refractivity contribution in [3.05, 3.63) is 41.5 Å². The number of nitrogens with zero attached hydrogens (tertiary/aromatic N) is 2. The Morgan fingerprint density at radius 2 is 2.28 bits per heavy atom. The molecule has 2 aromatic rings. The zero-order chi connectivity index (χ0) is 12.8. The summed E-state index contributed by atoms with van der Waals surface area (Å²) in [5.41, 5.74) is 0.809. The average molecular weight is 262 g/mol. The van der Waals surface area contributed by atoms with Gasteiger partial charge in [0.05, 0.1) is 12.2 Å². The van der Waals surface area contributed by atoms with Gasteiger partial charge in [0.1, 0.15) is 5.82 Å². The predicted molar refractivity (Wildman–Crippen MR) is 67.7 cm³/mol. The highest BCUT2D eigenvalue weighted by molar-refractivity contribution is 7.99. The summed E-state index contributed by atoms with van der Waals surface area (Å²) in [4.78, 5) is 0. The highest BCUT2D eigenvalue weighted by Crippen LogP contribution is 2.17. The second-order valence-corrected chi connectivity index (χ2v) is 4.41. The van der Waals surface area contributed by atoms with Crippen LogP contribution in [-0.4, -0.2) is 16.0 Å². The highest BCUT2D eigenvalue weighted by Gasteiger charge is 2.07. The number of hydrogen-bond donors (Lipinski definition) is 0. The normalized spacial score (nSPS) is 9.89. The molecule has 0 aliphatic rings. The summed E-state index contributed by atoms with van der Waals surface area (Å²) in [5.74, 6) is 6.53. The van der Waals surface area contributed by atoms with Crippen LogP contribution in [0.1, 0.15) is 18.4 Å². The lowest BCUT2D eigenvalue weighted by Crippen LogP contribution is -1.89. The van der Waals surface area contributed by atoms with E-state index in [1.54, 1.807) is 13.0 Å². The quantitative estimate of drug-likeness (QED) is 0.627. The smallest absolute Gasteiger partial charge is 0.277 e. The van der Waals surface area contributed by atoms with E-state index in [0.717, 1.165) is 5.56 Å². The van der Waals surface area contributed by atoms with Crippen LogP contribution in [-0.2, 0) is 6.42 Å². The van der Waals surface area contributed by atoms with Crippen molar-refractivity contribution in [2.45, 2.75) is 18.6 Å². The molecule has 0 radical (unpaired) electrons. The number of thioether (sulfide) groups is 1. The topological polar surface area (TPSA) is 38.9 Å². The van der Waals surface area contributed by atoms with E-state index in [1.807, 2.05) is 6.07 Å². The van der Waals surface area contributed by atoms with Crippen molar-refractivity contribution in [3.63, 3.8) is 0 Å². The molecule has 0 aliphatic heterocycles. The third-order valence-corrected chi connectivity index (χ3v) is 2.84. The minimum atomic E-state index is -0.264. The first-order valence-electron chi connectivity index (χ1n) is 5.37. The lowest BCUT2D eigenvalue weighted by atomic mass is 10.1. The van der Waals surface area contributed by atoms with Crippen molar-refractivity contribution in [1.82, 2.24) is 10.2 Å². The molecule has 0 aliphatic carbocycles. The number of benzene rings is 1. The van der Waals surface area contributed by atoms with Gasteiger partial charge in [-0.15, -0.1) is 16.1 Å². The molecular formula is C13H11FN2OS. The second kappa shape index (κ2) is 6.22. The molecule has 5 heteroatoms. The predicted octanol–water partition coefficient (Wildman–Crippen LogP) is 2.91. The lowest BCUT2D eigenvalue weighted by molar-refractivity contribution is 0.420. The monoisotopic (exact) mass is 262 g/mol. The molecule has 1 heterocycles. The van der Waals surface area contributed by atoms with Crippen LogP contribution in [0.3, 0.4) is 0 Å². The van der Waals surface area contributed by atoms with Crippen LogP contribution < -0.4 is 0 Å². The number of aromatic nitrogens is 2. The molecule has 92 valence electrons. The fourth-order valence-corrected chi connectivity index (χ4v) is 1.95. The van der Waals surface area contributed by atoms with Crippen molar-refractivity contribution in [1.29, 1.82) is 0 Å². The number of halogens is 1. The van der Waals surface area contributed by atoms with Gasteiger partial charge in [-0.3, -0.25) is 0 Å². The summed E-state index contributed by atoms with van der Waals surface area (Å²) < 4.78 is 18.4. The molecule has 2 rings (SSSR count). The Kier molecular flexibility index (Phi) is 4.37. The third kappa shape index (κ3) is 3.60. The number of rotatable bonds is 4. The summed E-state index contributed by atoms with van der Waals surface area (Å²) in [6.45, 7) is 1.78. The van der Waals surface area contributed by atoms with Crippen LogP contribution in [0.5, 0.6) is 0 Å². The van der Waals surface area contributed by atoms with E-state index in [2.05, 4.69) is 22.0 Å². The molecule has 0 N–H and O–H groups in total. The van der Waals surface area contributed by atoms with Crippen molar-refractivity contribution in [3.8, 4) is 11.8 Å². The van der Waals surface area contributed by atoms with Crippen molar-refractivity contribution >= 4 is 11.8 Å². The Morgan fingerprint density at radius 3 is 3.06 bits per heavy atom. The van der Waals surface area contributed by atoms with Gasteiger partial charge in [0.15, 0.2) is 0 Å². The minimum Gasteiger partial charge on any atom is -0.416 e. The molecule has 3 nitrogen and oxygen atoms in total. The lowest BCUT2D eigenvalue weighted by Gasteiger charge is -1.96. The van der Waals surface area contributed by atoms with Gasteiger partial charge < -0.3 is 4.42 Å². The van der Waals surface area contributed by atoms with Crippen LogP contribution in [0, 0.1) is 17.7 Å². The van der Waals surface area contributed by atoms with E-state index >= 15 is 0 Å². The fourth-order valence-electron chi connectivity index (χ4n) is 1.36. The van der Waals surface area contributed by atoms with Crippen LogP contribution >= 0.6 is 11.8 Å². The van der Waals surface area contributed by atoms with Crippen LogP contribution in [0.4, 0.5) is 4.39 Å². The molecular weight excluding hydrogens is 251 g/mol. The van der Waals surface area contributed by atoms with Gasteiger partial charge in [-0.1, -0.05) is 29.8 Å². The SMILES string of the molecule is CC#CCSc1nnc(Cc2cccc(F)c2)o1. The summed E-state index contributed by atoms with van der Waals surface area (Å²) in [6.07, 6.45) is 0.435. The van der Waals surface area contributed by atoms with E-state index in [1.165, 1.54) is 23.9 Å². The zero-order valence-corrected chi connectivity index (χ0v) is 10.6. The molecule has 0 fully saturated rings. The molecule has 0 unspecified atom stereocenters. The Labute approximate surface area is 109 Å². The van der Waals surface area contributed by atoms with E-state index in [-0.39, 0.29) is 5.82 Å². The molecule has 0 saturated carbocycles. The maximum absolute atomic E-state index is 13.0. The molecule has 0 spiro atoms. The first kappa shape index (κ1) is 12.7. The maximum atomic E-state index is 13.0. The zero-order valence-electron chi connectivity index (χ0n) is 9.81. The van der Waals surface area contributed by atoms with Gasteiger partial charge in [-0.2, -0.15) is 0 Å². The summed E-state index contributed by atoms with van der Waals surface area (Å²) >= 11 is 1.39. The van der Waals surface area contributed by atoms with Gasteiger partial charge in [0.25, 0.3) is 5.22 Å². The summed E-state index contributed by atoms with van der Waals surface area (Å²) in [5, 5.41) is 8.29. The van der Waals surface area contributed by atoms with Crippen molar-refractivity contribution in [2.24, 2.45) is 0 Å². The van der Waals surface area contributed by atoms with Gasteiger partial charge in [-0.25, -0.2) is 4.39 Å². The molecule has 0 atom stereocenters. The van der Waals surface area contributed by atoms with E-state index in [0.29, 0.717) is 23.3 Å². The Hall–Kier alpha value is -1.80. The third-order valence-electron chi connectivity index (χ3n) is 2.14. The first-order valence-corrected chi connectivity index (χ1v) is 6.35. The molecule has 1 aromatic carbocycles. The largest absolute Gasteiger partial charge is 0.416 e. The van der Waals surface area contributed by atoms with E-state index in [9.17, 15) is 4.39 Å². The first-order chi connectivity index (χ1) is 8.78. The van der Waals surface area contributed by atoms with Gasteiger partial charge in [-0.05, 0) is 24.6 Å². The standard InChI is InChI=1S/C13H11FN2OS/c1-2-3-7-18-13-16-15-12(17-13)9-10-5-4-6-11(14)8-10/h4-6,8H,7,9H2,1H3. The van der Waals surface area contributed by atoms with Crippen LogP contribution in [0.2, 0.25) is 0 Å². The van der Waals surface area contributed by atoms with Crippen molar-refractivity contribution < 1.29 is 8.81 Å². The average Bonchev–Trinajstić information content (AvgIpc) is 2.77. The van der Waals surface area contributed by atoms with Gasteiger partial charge >= 0.3 is 0 Å². The molecule has 0 saturated heterocycles. The Balaban J connectivity index is 1.99. The molecule has 0 bridgehead atoms. The van der Waals surface area contributed by atoms with Gasteiger partial charge in [0, 0.05) is 0 Å². The molecule has 0 amide bonds. The van der Waals surface area contributed by atoms with Crippen LogP contribution in [0.15, 0.2) is 33.9 Å². The molecule has 18 heavy (non-hydrogen) atoms.